The minimum absolute atomic E-state index is 0.205. The van der Waals surface area contributed by atoms with E-state index < -0.39 is 5.41 Å². The maximum Gasteiger partial charge on any atom is 0.236 e. The second-order valence-corrected chi connectivity index (χ2v) is 6.24. The van der Waals surface area contributed by atoms with Gasteiger partial charge in [-0.3, -0.25) is 9.89 Å². The summed E-state index contributed by atoms with van der Waals surface area (Å²) in [5.74, 6) is -0.0119. The molecule has 124 valence electrons. The summed E-state index contributed by atoms with van der Waals surface area (Å²) >= 11 is 0. The minimum Gasteiger partial charge on any atom is -0.310 e. The van der Waals surface area contributed by atoms with Gasteiger partial charge in [0.2, 0.25) is 5.91 Å². The molecule has 1 fully saturated rings. The van der Waals surface area contributed by atoms with Crippen molar-refractivity contribution in [3.8, 4) is 0 Å². The summed E-state index contributed by atoms with van der Waals surface area (Å²) < 4.78 is 15.8. The average Bonchev–Trinajstić information content (AvgIpc) is 3.18. The Balaban J connectivity index is 1.69. The van der Waals surface area contributed by atoms with Gasteiger partial charge in [0.1, 0.15) is 11.6 Å². The van der Waals surface area contributed by atoms with Crippen LogP contribution >= 0.6 is 0 Å². The predicted octanol–water partition coefficient (Wildman–Crippen LogP) is 2.67. The highest BCUT2D eigenvalue weighted by atomic mass is 19.1. The molecule has 6 nitrogen and oxygen atoms in total. The normalized spacial score (nSPS) is 15.6. The van der Waals surface area contributed by atoms with E-state index >= 15 is 0 Å². The number of hydrogen-bond acceptors (Lipinski definition) is 3. The highest BCUT2D eigenvalue weighted by Gasteiger charge is 2.52. The van der Waals surface area contributed by atoms with Gasteiger partial charge in [0.15, 0.2) is 5.65 Å². The third-order valence-electron chi connectivity index (χ3n) is 4.76. The van der Waals surface area contributed by atoms with Crippen LogP contribution in [-0.4, -0.2) is 25.9 Å². The van der Waals surface area contributed by atoms with Crippen molar-refractivity contribution in [2.24, 2.45) is 7.05 Å². The van der Waals surface area contributed by atoms with Gasteiger partial charge < -0.3 is 5.32 Å². The summed E-state index contributed by atoms with van der Waals surface area (Å²) in [7, 11) is 1.82. The van der Waals surface area contributed by atoms with E-state index in [1.54, 1.807) is 22.9 Å². The number of H-pyrrole nitrogens is 1. The maximum absolute atomic E-state index is 14.1. The van der Waals surface area contributed by atoms with Gasteiger partial charge in [0.25, 0.3) is 0 Å². The van der Waals surface area contributed by atoms with Crippen molar-refractivity contribution >= 4 is 22.8 Å². The monoisotopic (exact) mass is 327 g/mol. The van der Waals surface area contributed by atoms with Crippen LogP contribution in [0, 0.1) is 5.82 Å². The number of carbonyl (C=O) groups excluding carboxylic acids is 1. The standard InChI is InChI=1S/C17H18FN5O/c1-3-12-13-14(20-21-15(13)23(2)22-12)19-16(24)17(8-9-17)10-6-4-5-7-11(10)18/h4-7H,3,8-9H2,1-2H3,(H2,19,20,21,24). The summed E-state index contributed by atoms with van der Waals surface area (Å²) in [6.45, 7) is 2.00. The molecule has 24 heavy (non-hydrogen) atoms. The molecule has 1 amide bonds. The van der Waals surface area contributed by atoms with Gasteiger partial charge in [-0.2, -0.15) is 10.2 Å². The van der Waals surface area contributed by atoms with Crippen LogP contribution in [0.15, 0.2) is 24.3 Å². The number of carbonyl (C=O) groups is 1. The van der Waals surface area contributed by atoms with Crippen molar-refractivity contribution in [3.05, 3.63) is 41.3 Å². The Hall–Kier alpha value is -2.70. The van der Waals surface area contributed by atoms with Crippen LogP contribution in [0.25, 0.3) is 11.0 Å². The largest absolute Gasteiger partial charge is 0.310 e. The van der Waals surface area contributed by atoms with Crippen molar-refractivity contribution in [3.63, 3.8) is 0 Å². The number of aromatic nitrogens is 4. The van der Waals surface area contributed by atoms with Gasteiger partial charge in [-0.25, -0.2) is 9.07 Å². The first-order valence-corrected chi connectivity index (χ1v) is 8.03. The van der Waals surface area contributed by atoms with E-state index in [1.807, 2.05) is 14.0 Å². The molecular weight excluding hydrogens is 309 g/mol. The van der Waals surface area contributed by atoms with Crippen molar-refractivity contribution in [2.75, 3.05) is 5.32 Å². The quantitative estimate of drug-likeness (QED) is 0.773. The molecular formula is C17H18FN5O. The van der Waals surface area contributed by atoms with E-state index in [2.05, 4.69) is 20.6 Å². The summed E-state index contributed by atoms with van der Waals surface area (Å²) in [6.07, 6.45) is 2.02. The number of nitrogens with one attached hydrogen (secondary N) is 2. The van der Waals surface area contributed by atoms with E-state index in [0.717, 1.165) is 17.5 Å². The summed E-state index contributed by atoms with van der Waals surface area (Å²) in [4.78, 5) is 12.8. The first-order valence-electron chi connectivity index (χ1n) is 8.03. The lowest BCUT2D eigenvalue weighted by atomic mass is 9.94. The Morgan fingerprint density at radius 3 is 2.83 bits per heavy atom. The van der Waals surface area contributed by atoms with Crippen molar-refractivity contribution < 1.29 is 9.18 Å². The molecule has 2 heterocycles. The Morgan fingerprint density at radius 2 is 2.17 bits per heavy atom. The van der Waals surface area contributed by atoms with Gasteiger partial charge in [0, 0.05) is 12.6 Å². The topological polar surface area (TPSA) is 75.6 Å². The molecule has 0 unspecified atom stereocenters. The number of rotatable bonds is 4. The fourth-order valence-corrected chi connectivity index (χ4v) is 3.28. The van der Waals surface area contributed by atoms with Gasteiger partial charge in [-0.05, 0) is 25.3 Å². The third kappa shape index (κ3) is 2.04. The second-order valence-electron chi connectivity index (χ2n) is 6.24. The average molecular weight is 327 g/mol. The van der Waals surface area contributed by atoms with Gasteiger partial charge in [-0.1, -0.05) is 25.1 Å². The predicted molar refractivity (Wildman–Crippen MR) is 88.2 cm³/mol. The number of aryl methyl sites for hydroxylation is 2. The fourth-order valence-electron chi connectivity index (χ4n) is 3.28. The number of amides is 1. The van der Waals surface area contributed by atoms with E-state index in [1.165, 1.54) is 6.07 Å². The molecule has 4 rings (SSSR count). The number of benzene rings is 1. The van der Waals surface area contributed by atoms with Crippen molar-refractivity contribution in [2.45, 2.75) is 31.6 Å². The molecule has 3 aromatic rings. The van der Waals surface area contributed by atoms with Gasteiger partial charge in [-0.15, -0.1) is 0 Å². The van der Waals surface area contributed by atoms with Crippen molar-refractivity contribution in [1.82, 2.24) is 20.0 Å². The Labute approximate surface area is 138 Å². The molecule has 1 saturated carbocycles. The second kappa shape index (κ2) is 5.15. The lowest BCUT2D eigenvalue weighted by Gasteiger charge is -2.15. The van der Waals surface area contributed by atoms with Crippen LogP contribution < -0.4 is 5.32 Å². The molecule has 1 aromatic carbocycles. The Kier molecular flexibility index (Phi) is 3.19. The summed E-state index contributed by atoms with van der Waals surface area (Å²) in [5, 5.41) is 15.2. The number of aromatic amines is 1. The summed E-state index contributed by atoms with van der Waals surface area (Å²) in [5.41, 5.74) is 1.24. The number of anilines is 1. The molecule has 1 aliphatic rings. The number of fused-ring (bicyclic) bond motifs is 1. The summed E-state index contributed by atoms with van der Waals surface area (Å²) in [6, 6.07) is 6.48. The van der Waals surface area contributed by atoms with Crippen LogP contribution in [0.3, 0.4) is 0 Å². The van der Waals surface area contributed by atoms with Gasteiger partial charge >= 0.3 is 0 Å². The van der Waals surface area contributed by atoms with Crippen LogP contribution in [0.1, 0.15) is 31.0 Å². The highest BCUT2D eigenvalue weighted by Crippen LogP contribution is 2.50. The Bertz CT molecular complexity index is 938. The molecule has 0 radical (unpaired) electrons. The molecule has 1 aliphatic carbocycles. The lowest BCUT2D eigenvalue weighted by Crippen LogP contribution is -2.29. The molecule has 7 heteroatoms. The zero-order valence-corrected chi connectivity index (χ0v) is 13.6. The van der Waals surface area contributed by atoms with Crippen LogP contribution in [-0.2, 0) is 23.7 Å². The molecule has 0 spiro atoms. The molecule has 0 aliphatic heterocycles. The van der Waals surface area contributed by atoms with Gasteiger partial charge in [0.05, 0.1) is 16.5 Å². The smallest absolute Gasteiger partial charge is 0.236 e. The minimum atomic E-state index is -0.780. The van der Waals surface area contributed by atoms with E-state index in [-0.39, 0.29) is 11.7 Å². The fraction of sp³-hybridized carbons (Fsp3) is 0.353. The first-order chi connectivity index (χ1) is 11.6. The van der Waals surface area contributed by atoms with Crippen LogP contribution in [0.2, 0.25) is 0 Å². The molecule has 0 atom stereocenters. The van der Waals surface area contributed by atoms with Crippen molar-refractivity contribution in [1.29, 1.82) is 0 Å². The number of nitrogens with zero attached hydrogens (tertiary/aromatic N) is 3. The third-order valence-corrected chi connectivity index (χ3v) is 4.76. The van der Waals surface area contributed by atoms with Crippen LogP contribution in [0.5, 0.6) is 0 Å². The number of hydrogen-bond donors (Lipinski definition) is 2. The highest BCUT2D eigenvalue weighted by molar-refractivity contribution is 6.05. The zero-order chi connectivity index (χ0) is 16.9. The SMILES string of the molecule is CCc1nn(C)c2n[nH]c(NC(=O)C3(c4ccccc4F)CC3)c12. The zero-order valence-electron chi connectivity index (χ0n) is 13.6. The van der Waals surface area contributed by atoms with E-state index in [4.69, 9.17) is 0 Å². The molecule has 0 bridgehead atoms. The van der Waals surface area contributed by atoms with Crippen LogP contribution in [0.4, 0.5) is 10.2 Å². The van der Waals surface area contributed by atoms with E-state index in [9.17, 15) is 9.18 Å². The van der Waals surface area contributed by atoms with E-state index in [0.29, 0.717) is 29.9 Å². The maximum atomic E-state index is 14.1. The first kappa shape index (κ1) is 14.9. The molecule has 2 N–H and O–H groups in total. The molecule has 2 aromatic heterocycles. The number of halogens is 1. The Morgan fingerprint density at radius 1 is 1.42 bits per heavy atom. The lowest BCUT2D eigenvalue weighted by molar-refractivity contribution is -0.118. The molecule has 0 saturated heterocycles.